The number of carbonyl (C=O) groups excluding carboxylic acids is 1. The van der Waals surface area contributed by atoms with Gasteiger partial charge in [-0.2, -0.15) is 18.3 Å². The quantitative estimate of drug-likeness (QED) is 0.572. The zero-order valence-electron chi connectivity index (χ0n) is 18.1. The SMILES string of the molecule is CN(C(=O)c1cnn2c(C(F)(F)F)cc(-c3ccc4c(c3)OCCO4)nc12)C1CCCCC1. The number of fused-ring (bicyclic) bond motifs is 2. The number of halogens is 3. The minimum absolute atomic E-state index is 0.0490. The number of alkyl halides is 3. The first-order valence-corrected chi connectivity index (χ1v) is 11.0. The third-order valence-electron chi connectivity index (χ3n) is 6.27. The average molecular weight is 460 g/mol. The van der Waals surface area contributed by atoms with Crippen LogP contribution >= 0.6 is 0 Å². The summed E-state index contributed by atoms with van der Waals surface area (Å²) in [5.41, 5.74) is -0.582. The third kappa shape index (κ3) is 3.98. The van der Waals surface area contributed by atoms with Crippen molar-refractivity contribution in [2.75, 3.05) is 20.3 Å². The molecule has 2 aromatic heterocycles. The molecule has 1 amide bonds. The normalized spacial score (nSPS) is 16.7. The van der Waals surface area contributed by atoms with Gasteiger partial charge >= 0.3 is 6.18 Å². The summed E-state index contributed by atoms with van der Waals surface area (Å²) in [5, 5.41) is 3.88. The number of amides is 1. The summed E-state index contributed by atoms with van der Waals surface area (Å²) < 4.78 is 53.5. The molecule has 0 radical (unpaired) electrons. The molecule has 1 aromatic carbocycles. The second-order valence-corrected chi connectivity index (χ2v) is 8.38. The van der Waals surface area contributed by atoms with Crippen LogP contribution in [0.3, 0.4) is 0 Å². The van der Waals surface area contributed by atoms with Gasteiger partial charge in [-0.25, -0.2) is 9.50 Å². The fourth-order valence-electron chi connectivity index (χ4n) is 4.49. The minimum atomic E-state index is -4.69. The Balaban J connectivity index is 1.60. The van der Waals surface area contributed by atoms with E-state index in [9.17, 15) is 18.0 Å². The van der Waals surface area contributed by atoms with Gasteiger partial charge < -0.3 is 14.4 Å². The van der Waals surface area contributed by atoms with Crippen molar-refractivity contribution in [1.29, 1.82) is 0 Å². The molecule has 0 unspecified atom stereocenters. The van der Waals surface area contributed by atoms with Crippen LogP contribution in [0.5, 0.6) is 11.5 Å². The summed E-state index contributed by atoms with van der Waals surface area (Å²) >= 11 is 0. The highest BCUT2D eigenvalue weighted by atomic mass is 19.4. The fraction of sp³-hybridized carbons (Fsp3) is 0.435. The zero-order chi connectivity index (χ0) is 23.2. The van der Waals surface area contributed by atoms with Gasteiger partial charge in [0.05, 0.1) is 11.9 Å². The summed E-state index contributed by atoms with van der Waals surface area (Å²) in [6.45, 7) is 0.760. The van der Waals surface area contributed by atoms with Crippen molar-refractivity contribution in [3.8, 4) is 22.8 Å². The first-order chi connectivity index (χ1) is 15.8. The Hall–Kier alpha value is -3.30. The largest absolute Gasteiger partial charge is 0.486 e. The van der Waals surface area contributed by atoms with Crippen LogP contribution in [-0.4, -0.2) is 51.7 Å². The van der Waals surface area contributed by atoms with E-state index < -0.39 is 11.9 Å². The number of aromatic nitrogens is 3. The number of ether oxygens (including phenoxy) is 2. The molecule has 3 heterocycles. The van der Waals surface area contributed by atoms with Crippen LogP contribution in [-0.2, 0) is 6.18 Å². The number of nitrogens with zero attached hydrogens (tertiary/aromatic N) is 4. The summed E-state index contributed by atoms with van der Waals surface area (Å²) in [6, 6.07) is 5.86. The van der Waals surface area contributed by atoms with Crippen molar-refractivity contribution in [2.24, 2.45) is 0 Å². The van der Waals surface area contributed by atoms with Crippen LogP contribution in [0.25, 0.3) is 16.9 Å². The maximum absolute atomic E-state index is 13.9. The molecule has 0 atom stereocenters. The van der Waals surface area contributed by atoms with Gasteiger partial charge in [-0.05, 0) is 37.1 Å². The van der Waals surface area contributed by atoms with Gasteiger partial charge in [-0.15, -0.1) is 0 Å². The minimum Gasteiger partial charge on any atom is -0.486 e. The lowest BCUT2D eigenvalue weighted by molar-refractivity contribution is -0.142. The fourth-order valence-corrected chi connectivity index (χ4v) is 4.49. The predicted molar refractivity (Wildman–Crippen MR) is 113 cm³/mol. The smallest absolute Gasteiger partial charge is 0.433 e. The molecule has 1 fully saturated rings. The second kappa shape index (κ2) is 8.24. The summed E-state index contributed by atoms with van der Waals surface area (Å²) in [7, 11) is 1.69. The standard InChI is InChI=1S/C23H23F3N4O3/c1-29(15-5-3-2-4-6-15)22(31)16-13-27-30-20(23(24,25)26)12-17(28-21(16)30)14-7-8-18-19(11-14)33-10-9-32-18/h7-8,11-13,15H,2-6,9-10H2,1H3. The topological polar surface area (TPSA) is 69.0 Å². The van der Waals surface area contributed by atoms with E-state index in [-0.39, 0.29) is 28.9 Å². The number of hydrogen-bond donors (Lipinski definition) is 0. The van der Waals surface area contributed by atoms with Crippen molar-refractivity contribution in [3.05, 3.63) is 41.7 Å². The molecule has 2 aliphatic rings. The number of benzene rings is 1. The molecular formula is C23H23F3N4O3. The van der Waals surface area contributed by atoms with E-state index in [1.54, 1.807) is 30.1 Å². The van der Waals surface area contributed by atoms with Crippen LogP contribution in [0.1, 0.15) is 48.2 Å². The summed E-state index contributed by atoms with van der Waals surface area (Å²) in [5.74, 6) is 0.587. The van der Waals surface area contributed by atoms with E-state index in [0.717, 1.165) is 38.2 Å². The molecule has 0 bridgehead atoms. The van der Waals surface area contributed by atoms with Gasteiger partial charge in [0.15, 0.2) is 22.8 Å². The first kappa shape index (κ1) is 21.5. The Morgan fingerprint density at radius 2 is 1.82 bits per heavy atom. The highest BCUT2D eigenvalue weighted by Gasteiger charge is 2.36. The maximum atomic E-state index is 13.9. The summed E-state index contributed by atoms with van der Waals surface area (Å²) in [6.07, 6.45) is 1.43. The van der Waals surface area contributed by atoms with Gasteiger partial charge in [0.2, 0.25) is 0 Å². The van der Waals surface area contributed by atoms with Crippen LogP contribution in [0, 0.1) is 0 Å². The van der Waals surface area contributed by atoms with Gasteiger partial charge in [0, 0.05) is 18.7 Å². The van der Waals surface area contributed by atoms with E-state index in [1.165, 1.54) is 6.20 Å². The molecule has 3 aromatic rings. The van der Waals surface area contributed by atoms with Crippen molar-refractivity contribution in [3.63, 3.8) is 0 Å². The number of carbonyl (C=O) groups is 1. The van der Waals surface area contributed by atoms with E-state index in [2.05, 4.69) is 10.1 Å². The zero-order valence-corrected chi connectivity index (χ0v) is 18.1. The monoisotopic (exact) mass is 460 g/mol. The van der Waals surface area contributed by atoms with E-state index in [1.807, 2.05) is 0 Å². The molecule has 1 aliphatic carbocycles. The molecular weight excluding hydrogens is 437 g/mol. The maximum Gasteiger partial charge on any atom is 0.433 e. The first-order valence-electron chi connectivity index (χ1n) is 11.0. The molecule has 174 valence electrons. The van der Waals surface area contributed by atoms with E-state index in [0.29, 0.717) is 34.8 Å². The van der Waals surface area contributed by atoms with Crippen LogP contribution in [0.15, 0.2) is 30.5 Å². The third-order valence-corrected chi connectivity index (χ3v) is 6.27. The predicted octanol–water partition coefficient (Wildman–Crippen LogP) is 4.59. The Morgan fingerprint density at radius 3 is 2.55 bits per heavy atom. The van der Waals surface area contributed by atoms with Crippen LogP contribution in [0.4, 0.5) is 13.2 Å². The molecule has 0 saturated heterocycles. The molecule has 10 heteroatoms. The number of rotatable bonds is 3. The molecule has 5 rings (SSSR count). The lowest BCUT2D eigenvalue weighted by Gasteiger charge is -2.31. The molecule has 0 N–H and O–H groups in total. The lowest BCUT2D eigenvalue weighted by atomic mass is 9.94. The Morgan fingerprint density at radius 1 is 1.09 bits per heavy atom. The van der Waals surface area contributed by atoms with Gasteiger partial charge in [0.25, 0.3) is 5.91 Å². The van der Waals surface area contributed by atoms with Crippen molar-refractivity contribution < 1.29 is 27.4 Å². The Labute approximate surface area is 188 Å². The average Bonchev–Trinajstić information content (AvgIpc) is 3.26. The van der Waals surface area contributed by atoms with Crippen LogP contribution in [0.2, 0.25) is 0 Å². The van der Waals surface area contributed by atoms with E-state index >= 15 is 0 Å². The molecule has 1 saturated carbocycles. The van der Waals surface area contributed by atoms with Crippen molar-refractivity contribution in [2.45, 2.75) is 44.3 Å². The van der Waals surface area contributed by atoms with E-state index in [4.69, 9.17) is 9.47 Å². The molecule has 33 heavy (non-hydrogen) atoms. The Kier molecular flexibility index (Phi) is 5.38. The van der Waals surface area contributed by atoms with Gasteiger partial charge in [0.1, 0.15) is 18.8 Å². The lowest BCUT2D eigenvalue weighted by Crippen LogP contribution is -2.38. The van der Waals surface area contributed by atoms with Crippen LogP contribution < -0.4 is 9.47 Å². The van der Waals surface area contributed by atoms with Crippen molar-refractivity contribution >= 4 is 11.6 Å². The molecule has 0 spiro atoms. The van der Waals surface area contributed by atoms with Gasteiger partial charge in [-0.3, -0.25) is 4.79 Å². The highest BCUT2D eigenvalue weighted by Crippen LogP contribution is 2.37. The Bertz CT molecular complexity index is 1200. The molecule has 1 aliphatic heterocycles. The van der Waals surface area contributed by atoms with Crippen molar-refractivity contribution in [1.82, 2.24) is 19.5 Å². The highest BCUT2D eigenvalue weighted by molar-refractivity contribution is 6.00. The number of hydrogen-bond acceptors (Lipinski definition) is 5. The second-order valence-electron chi connectivity index (χ2n) is 8.38. The molecule has 7 nitrogen and oxygen atoms in total. The summed E-state index contributed by atoms with van der Waals surface area (Å²) in [4.78, 5) is 19.3. The van der Waals surface area contributed by atoms with Gasteiger partial charge in [-0.1, -0.05) is 19.3 Å².